The molecule has 0 spiro atoms. The van der Waals surface area contributed by atoms with E-state index in [4.69, 9.17) is 27.1 Å². The van der Waals surface area contributed by atoms with E-state index < -0.39 is 0 Å². The Morgan fingerprint density at radius 3 is 2.79 bits per heavy atom. The molecule has 1 aliphatic rings. The van der Waals surface area contributed by atoms with Gasteiger partial charge >= 0.3 is 0 Å². The first-order valence-electron chi connectivity index (χ1n) is 8.32. The molecule has 2 N–H and O–H groups in total. The summed E-state index contributed by atoms with van der Waals surface area (Å²) in [4.78, 5) is 7.19. The molecule has 1 aromatic heterocycles. The minimum Gasteiger partial charge on any atom is -0.378 e. The number of piperidine rings is 1. The number of nitrogens with two attached hydrogens (primary N) is 1. The number of halogens is 2. The van der Waals surface area contributed by atoms with E-state index >= 15 is 0 Å². The number of rotatable bonds is 6. The number of benzene rings is 1. The number of hydrogen-bond acceptors (Lipinski definition) is 4. The van der Waals surface area contributed by atoms with Crippen molar-refractivity contribution >= 4 is 35.0 Å². The smallest absolute Gasteiger partial charge is 0.123 e. The van der Waals surface area contributed by atoms with Crippen LogP contribution in [0.15, 0.2) is 18.2 Å². The van der Waals surface area contributed by atoms with E-state index in [-0.39, 0.29) is 12.4 Å². The predicted octanol–water partition coefficient (Wildman–Crippen LogP) is 2.98. The highest BCUT2D eigenvalue weighted by Crippen LogP contribution is 2.22. The first-order chi connectivity index (χ1) is 11.2. The Hall–Kier alpha value is -0.850. The summed E-state index contributed by atoms with van der Waals surface area (Å²) in [5.41, 5.74) is 7.60. The first kappa shape index (κ1) is 19.5. The summed E-state index contributed by atoms with van der Waals surface area (Å²) in [5.74, 6) is 1.09. The molecule has 5 nitrogen and oxygen atoms in total. The predicted molar refractivity (Wildman–Crippen MR) is 101 cm³/mol. The topological polar surface area (TPSA) is 56.3 Å². The SMILES string of the molecule is Cl.Cn1c(CN2CCC(OCCCN)CC2)nc2cc(Cl)ccc21. The second-order valence-electron chi connectivity index (χ2n) is 6.21. The molecule has 1 aliphatic heterocycles. The van der Waals surface area contributed by atoms with Gasteiger partial charge in [0.2, 0.25) is 0 Å². The van der Waals surface area contributed by atoms with Crippen molar-refractivity contribution in [2.75, 3.05) is 26.2 Å². The fourth-order valence-electron chi connectivity index (χ4n) is 3.13. The number of imidazole rings is 1. The van der Waals surface area contributed by atoms with Gasteiger partial charge in [-0.05, 0) is 44.0 Å². The lowest BCUT2D eigenvalue weighted by atomic mass is 10.1. The molecule has 0 amide bonds. The fraction of sp³-hybridized carbons (Fsp3) is 0.588. The summed E-state index contributed by atoms with van der Waals surface area (Å²) in [5, 5.41) is 0.734. The molecule has 1 aromatic carbocycles. The van der Waals surface area contributed by atoms with Gasteiger partial charge in [0.15, 0.2) is 0 Å². The molecule has 1 fully saturated rings. The fourth-order valence-corrected chi connectivity index (χ4v) is 3.30. The van der Waals surface area contributed by atoms with Gasteiger partial charge in [0.25, 0.3) is 0 Å². The van der Waals surface area contributed by atoms with Gasteiger partial charge in [0.1, 0.15) is 5.82 Å². The van der Waals surface area contributed by atoms with Crippen LogP contribution in [0.3, 0.4) is 0 Å². The lowest BCUT2D eigenvalue weighted by Gasteiger charge is -2.31. The van der Waals surface area contributed by atoms with Crippen LogP contribution >= 0.6 is 24.0 Å². The van der Waals surface area contributed by atoms with Crippen LogP contribution in [-0.2, 0) is 18.3 Å². The average Bonchev–Trinajstić information content (AvgIpc) is 2.85. The first-order valence-corrected chi connectivity index (χ1v) is 8.70. The Labute approximate surface area is 154 Å². The zero-order valence-corrected chi connectivity index (χ0v) is 15.7. The number of hydrogen-bond donors (Lipinski definition) is 1. The summed E-state index contributed by atoms with van der Waals surface area (Å²) in [6.07, 6.45) is 3.50. The van der Waals surface area contributed by atoms with Crippen molar-refractivity contribution in [1.29, 1.82) is 0 Å². The quantitative estimate of drug-likeness (QED) is 0.791. The van der Waals surface area contributed by atoms with Crippen molar-refractivity contribution in [3.8, 4) is 0 Å². The van der Waals surface area contributed by atoms with Gasteiger partial charge in [0.05, 0.1) is 23.7 Å². The third kappa shape index (κ3) is 4.61. The molecule has 134 valence electrons. The molecule has 0 bridgehead atoms. The van der Waals surface area contributed by atoms with Gasteiger partial charge in [0, 0.05) is 31.8 Å². The van der Waals surface area contributed by atoms with Crippen molar-refractivity contribution < 1.29 is 4.74 Å². The van der Waals surface area contributed by atoms with E-state index in [0.29, 0.717) is 12.6 Å². The molecular formula is C17H26Cl2N4O. The summed E-state index contributed by atoms with van der Waals surface area (Å²) in [7, 11) is 2.07. The highest BCUT2D eigenvalue weighted by Gasteiger charge is 2.21. The third-order valence-corrected chi connectivity index (χ3v) is 4.77. The maximum Gasteiger partial charge on any atom is 0.123 e. The summed E-state index contributed by atoms with van der Waals surface area (Å²) < 4.78 is 8.03. The molecule has 24 heavy (non-hydrogen) atoms. The summed E-state index contributed by atoms with van der Waals surface area (Å²) in [6.45, 7) is 4.47. The highest BCUT2D eigenvalue weighted by molar-refractivity contribution is 6.31. The van der Waals surface area contributed by atoms with Crippen molar-refractivity contribution in [3.63, 3.8) is 0 Å². The Balaban J connectivity index is 0.00000208. The van der Waals surface area contributed by atoms with E-state index in [1.54, 1.807) is 0 Å². The number of fused-ring (bicyclic) bond motifs is 1. The highest BCUT2D eigenvalue weighted by atomic mass is 35.5. The van der Waals surface area contributed by atoms with Gasteiger partial charge in [-0.3, -0.25) is 4.90 Å². The number of aryl methyl sites for hydroxylation is 1. The van der Waals surface area contributed by atoms with Crippen molar-refractivity contribution in [2.45, 2.75) is 31.9 Å². The average molecular weight is 373 g/mol. The summed E-state index contributed by atoms with van der Waals surface area (Å²) >= 11 is 6.06. The Morgan fingerprint density at radius 2 is 2.08 bits per heavy atom. The van der Waals surface area contributed by atoms with Crippen LogP contribution in [0.4, 0.5) is 0 Å². The Bertz CT molecular complexity index is 653. The standard InChI is InChI=1S/C17H25ClN4O.ClH/c1-21-16-4-3-13(18)11-15(16)20-17(21)12-22-8-5-14(6-9-22)23-10-2-7-19;/h3-4,11,14H,2,5-10,12,19H2,1H3;1H. The van der Waals surface area contributed by atoms with E-state index in [9.17, 15) is 0 Å². The normalized spacial score (nSPS) is 16.5. The molecule has 0 unspecified atom stereocenters. The Kier molecular flexibility index (Phi) is 7.32. The van der Waals surface area contributed by atoms with Crippen LogP contribution in [-0.4, -0.2) is 46.8 Å². The zero-order valence-electron chi connectivity index (χ0n) is 14.1. The molecule has 0 aliphatic carbocycles. The Morgan fingerprint density at radius 1 is 1.33 bits per heavy atom. The second-order valence-corrected chi connectivity index (χ2v) is 6.65. The van der Waals surface area contributed by atoms with E-state index in [1.807, 2.05) is 18.2 Å². The third-order valence-electron chi connectivity index (χ3n) is 4.54. The van der Waals surface area contributed by atoms with Crippen LogP contribution in [0.2, 0.25) is 5.02 Å². The van der Waals surface area contributed by atoms with Gasteiger partial charge in [-0.2, -0.15) is 0 Å². The molecule has 1 saturated heterocycles. The van der Waals surface area contributed by atoms with Crippen molar-refractivity contribution in [3.05, 3.63) is 29.0 Å². The molecule has 0 saturated carbocycles. The minimum absolute atomic E-state index is 0. The maximum absolute atomic E-state index is 6.06. The molecular weight excluding hydrogens is 347 g/mol. The van der Waals surface area contributed by atoms with E-state index in [2.05, 4.69) is 16.5 Å². The van der Waals surface area contributed by atoms with Crippen LogP contribution in [0.1, 0.15) is 25.1 Å². The van der Waals surface area contributed by atoms with E-state index in [0.717, 1.165) is 67.4 Å². The number of likely N-dealkylation sites (tertiary alicyclic amines) is 1. The summed E-state index contributed by atoms with van der Waals surface area (Å²) in [6, 6.07) is 5.88. The largest absolute Gasteiger partial charge is 0.378 e. The molecule has 0 radical (unpaired) electrons. The molecule has 0 atom stereocenters. The van der Waals surface area contributed by atoms with Gasteiger partial charge in [-0.15, -0.1) is 12.4 Å². The van der Waals surface area contributed by atoms with Gasteiger partial charge in [-0.25, -0.2) is 4.98 Å². The van der Waals surface area contributed by atoms with Crippen molar-refractivity contribution in [2.24, 2.45) is 12.8 Å². The van der Waals surface area contributed by atoms with Crippen LogP contribution in [0.5, 0.6) is 0 Å². The van der Waals surface area contributed by atoms with Gasteiger partial charge < -0.3 is 15.0 Å². The minimum atomic E-state index is 0. The number of nitrogens with zero attached hydrogens (tertiary/aromatic N) is 3. The van der Waals surface area contributed by atoms with Crippen molar-refractivity contribution in [1.82, 2.24) is 14.5 Å². The lowest BCUT2D eigenvalue weighted by molar-refractivity contribution is 0.00504. The monoisotopic (exact) mass is 372 g/mol. The van der Waals surface area contributed by atoms with Gasteiger partial charge in [-0.1, -0.05) is 11.6 Å². The molecule has 2 heterocycles. The molecule has 3 rings (SSSR count). The van der Waals surface area contributed by atoms with Crippen LogP contribution in [0, 0.1) is 0 Å². The number of aromatic nitrogens is 2. The van der Waals surface area contributed by atoms with E-state index in [1.165, 1.54) is 0 Å². The maximum atomic E-state index is 6.06. The second kappa shape index (κ2) is 9.02. The zero-order chi connectivity index (χ0) is 16.2. The van der Waals surface area contributed by atoms with Crippen LogP contribution in [0.25, 0.3) is 11.0 Å². The molecule has 7 heteroatoms. The van der Waals surface area contributed by atoms with Crippen LogP contribution < -0.4 is 5.73 Å². The molecule has 2 aromatic rings. The number of ether oxygens (including phenoxy) is 1. The lowest BCUT2D eigenvalue weighted by Crippen LogP contribution is -2.37.